The van der Waals surface area contributed by atoms with E-state index in [2.05, 4.69) is 0 Å². The van der Waals surface area contributed by atoms with Crippen LogP contribution < -0.4 is 4.74 Å². The number of nitrogens with zero attached hydrogens (tertiary/aromatic N) is 1. The van der Waals surface area contributed by atoms with Crippen molar-refractivity contribution in [3.63, 3.8) is 0 Å². The van der Waals surface area contributed by atoms with Gasteiger partial charge in [-0.15, -0.1) is 0 Å². The van der Waals surface area contributed by atoms with Gasteiger partial charge in [0.1, 0.15) is 5.75 Å². The van der Waals surface area contributed by atoms with Crippen LogP contribution >= 0.6 is 23.2 Å². The molecule has 0 saturated carbocycles. The molecule has 1 aliphatic heterocycles. The molecule has 1 heterocycles. The van der Waals surface area contributed by atoms with Crippen molar-refractivity contribution in [1.82, 2.24) is 4.90 Å². The largest absolute Gasteiger partial charge is 0.482 e. The van der Waals surface area contributed by atoms with Gasteiger partial charge in [0, 0.05) is 18.1 Å². The summed E-state index contributed by atoms with van der Waals surface area (Å²) in [6, 6.07) is 4.82. The highest BCUT2D eigenvalue weighted by Crippen LogP contribution is 2.27. The zero-order chi connectivity index (χ0) is 14.5. The summed E-state index contributed by atoms with van der Waals surface area (Å²) >= 11 is 11.7. The molecule has 0 bridgehead atoms. The molecule has 1 amide bonds. The van der Waals surface area contributed by atoms with Crippen molar-refractivity contribution in [2.45, 2.75) is 6.10 Å². The van der Waals surface area contributed by atoms with E-state index in [9.17, 15) is 4.79 Å². The van der Waals surface area contributed by atoms with Gasteiger partial charge in [0.25, 0.3) is 5.91 Å². The van der Waals surface area contributed by atoms with Crippen molar-refractivity contribution >= 4 is 29.1 Å². The van der Waals surface area contributed by atoms with Crippen molar-refractivity contribution in [1.29, 1.82) is 0 Å². The number of hydrogen-bond donors (Lipinski definition) is 1. The maximum absolute atomic E-state index is 12.0. The Balaban J connectivity index is 1.88. The van der Waals surface area contributed by atoms with Gasteiger partial charge in [-0.2, -0.15) is 0 Å². The molecule has 20 heavy (non-hydrogen) atoms. The van der Waals surface area contributed by atoms with Crippen molar-refractivity contribution in [3.8, 4) is 5.75 Å². The van der Waals surface area contributed by atoms with Crippen LogP contribution in [0.4, 0.5) is 0 Å². The van der Waals surface area contributed by atoms with Crippen molar-refractivity contribution in [3.05, 3.63) is 28.2 Å². The van der Waals surface area contributed by atoms with Crippen LogP contribution in [0.3, 0.4) is 0 Å². The Kier molecular flexibility index (Phi) is 5.48. The Morgan fingerprint density at radius 1 is 1.50 bits per heavy atom. The summed E-state index contributed by atoms with van der Waals surface area (Å²) in [6.45, 7) is 1.06. The number of hydrogen-bond acceptors (Lipinski definition) is 4. The first-order valence-electron chi connectivity index (χ1n) is 6.18. The zero-order valence-corrected chi connectivity index (χ0v) is 12.2. The number of carbonyl (C=O) groups is 1. The average Bonchev–Trinajstić information content (AvgIpc) is 2.46. The second-order valence-electron chi connectivity index (χ2n) is 4.38. The molecule has 2 rings (SSSR count). The molecular formula is C13H15Cl2NO4. The van der Waals surface area contributed by atoms with Gasteiger partial charge in [-0.25, -0.2) is 0 Å². The van der Waals surface area contributed by atoms with E-state index >= 15 is 0 Å². The Labute approximate surface area is 127 Å². The third-order valence-electron chi connectivity index (χ3n) is 2.94. The second kappa shape index (κ2) is 7.13. The summed E-state index contributed by atoms with van der Waals surface area (Å²) in [6.07, 6.45) is -0.327. The third-order valence-corrected chi connectivity index (χ3v) is 3.47. The molecule has 1 N–H and O–H groups in total. The predicted octanol–water partition coefficient (Wildman–Crippen LogP) is 1.59. The molecule has 1 aromatic carbocycles. The smallest absolute Gasteiger partial charge is 0.260 e. The van der Waals surface area contributed by atoms with Gasteiger partial charge in [0.15, 0.2) is 6.61 Å². The van der Waals surface area contributed by atoms with Crippen molar-refractivity contribution < 1.29 is 19.4 Å². The van der Waals surface area contributed by atoms with Crippen LogP contribution in [-0.2, 0) is 9.53 Å². The highest BCUT2D eigenvalue weighted by atomic mass is 35.5. The van der Waals surface area contributed by atoms with E-state index in [1.807, 2.05) is 0 Å². The van der Waals surface area contributed by atoms with Crippen LogP contribution in [0.5, 0.6) is 5.75 Å². The molecule has 0 aromatic heterocycles. The van der Waals surface area contributed by atoms with Gasteiger partial charge in [-0.05, 0) is 18.2 Å². The topological polar surface area (TPSA) is 59.0 Å². The van der Waals surface area contributed by atoms with Crippen LogP contribution in [0.2, 0.25) is 10.0 Å². The standard InChI is InChI=1S/C13H15Cl2NO4/c14-9-1-2-12(11(15)5-9)20-8-13(18)16-3-4-19-10(6-16)7-17/h1-2,5,10,17H,3-4,6-8H2. The fourth-order valence-corrected chi connectivity index (χ4v) is 2.34. The van der Waals surface area contributed by atoms with Crippen molar-refractivity contribution in [2.24, 2.45) is 0 Å². The molecule has 1 atom stereocenters. The number of aliphatic hydroxyl groups is 1. The van der Waals surface area contributed by atoms with Crippen LogP contribution in [0.1, 0.15) is 0 Å². The van der Waals surface area contributed by atoms with Crippen LogP contribution in [0.15, 0.2) is 18.2 Å². The minimum Gasteiger partial charge on any atom is -0.482 e. The van der Waals surface area contributed by atoms with E-state index in [1.54, 1.807) is 23.1 Å². The first-order valence-corrected chi connectivity index (χ1v) is 6.94. The number of halogens is 2. The quantitative estimate of drug-likeness (QED) is 0.915. The monoisotopic (exact) mass is 319 g/mol. The Morgan fingerprint density at radius 3 is 3.00 bits per heavy atom. The minimum atomic E-state index is -0.327. The number of benzene rings is 1. The Morgan fingerprint density at radius 2 is 2.30 bits per heavy atom. The van der Waals surface area contributed by atoms with Gasteiger partial charge >= 0.3 is 0 Å². The molecule has 1 unspecified atom stereocenters. The highest BCUT2D eigenvalue weighted by Gasteiger charge is 2.24. The first kappa shape index (κ1) is 15.4. The van der Waals surface area contributed by atoms with E-state index in [4.69, 9.17) is 37.8 Å². The molecule has 0 spiro atoms. The number of amides is 1. The van der Waals surface area contributed by atoms with E-state index < -0.39 is 0 Å². The molecule has 1 aromatic rings. The second-order valence-corrected chi connectivity index (χ2v) is 5.22. The lowest BCUT2D eigenvalue weighted by atomic mass is 10.3. The fourth-order valence-electron chi connectivity index (χ4n) is 1.88. The average molecular weight is 320 g/mol. The fraction of sp³-hybridized carbons (Fsp3) is 0.462. The summed E-state index contributed by atoms with van der Waals surface area (Å²) in [5.74, 6) is 0.245. The van der Waals surface area contributed by atoms with Crippen molar-refractivity contribution in [2.75, 3.05) is 32.9 Å². The zero-order valence-electron chi connectivity index (χ0n) is 10.7. The SMILES string of the molecule is O=C(COc1ccc(Cl)cc1Cl)N1CCOC(CO)C1. The molecular weight excluding hydrogens is 305 g/mol. The molecule has 7 heteroatoms. The lowest BCUT2D eigenvalue weighted by Gasteiger charge is -2.31. The number of carbonyl (C=O) groups excluding carboxylic acids is 1. The van der Waals surface area contributed by atoms with Gasteiger partial charge < -0.3 is 19.5 Å². The number of morpholine rings is 1. The van der Waals surface area contributed by atoms with E-state index in [0.717, 1.165) is 0 Å². The number of aliphatic hydroxyl groups excluding tert-OH is 1. The Bertz CT molecular complexity index is 483. The number of ether oxygens (including phenoxy) is 2. The molecule has 110 valence electrons. The van der Waals surface area contributed by atoms with Crippen LogP contribution in [0.25, 0.3) is 0 Å². The van der Waals surface area contributed by atoms with Crippen LogP contribution in [-0.4, -0.2) is 54.9 Å². The van der Waals surface area contributed by atoms with Gasteiger partial charge in [0.05, 0.1) is 24.3 Å². The lowest BCUT2D eigenvalue weighted by molar-refractivity contribution is -0.142. The summed E-state index contributed by atoms with van der Waals surface area (Å²) < 4.78 is 10.7. The number of rotatable bonds is 4. The third kappa shape index (κ3) is 3.99. The molecule has 1 fully saturated rings. The minimum absolute atomic E-state index is 0.104. The van der Waals surface area contributed by atoms with Gasteiger partial charge in [0.2, 0.25) is 0 Å². The highest BCUT2D eigenvalue weighted by molar-refractivity contribution is 6.35. The first-order chi connectivity index (χ1) is 9.60. The van der Waals surface area contributed by atoms with E-state index in [0.29, 0.717) is 35.5 Å². The van der Waals surface area contributed by atoms with Gasteiger partial charge in [-0.3, -0.25) is 4.79 Å². The molecule has 0 radical (unpaired) electrons. The van der Waals surface area contributed by atoms with Gasteiger partial charge in [-0.1, -0.05) is 23.2 Å². The molecule has 1 saturated heterocycles. The maximum atomic E-state index is 12.0. The summed E-state index contributed by atoms with van der Waals surface area (Å²) in [4.78, 5) is 13.6. The normalized spacial score (nSPS) is 18.9. The van der Waals surface area contributed by atoms with Crippen LogP contribution in [0, 0.1) is 0 Å². The molecule has 5 nitrogen and oxygen atoms in total. The Hall–Kier alpha value is -1.01. The molecule has 0 aliphatic carbocycles. The maximum Gasteiger partial charge on any atom is 0.260 e. The molecule has 1 aliphatic rings. The predicted molar refractivity (Wildman–Crippen MR) is 75.4 cm³/mol. The van der Waals surface area contributed by atoms with E-state index in [1.165, 1.54) is 0 Å². The summed E-state index contributed by atoms with van der Waals surface area (Å²) in [5.41, 5.74) is 0. The lowest BCUT2D eigenvalue weighted by Crippen LogP contribution is -2.48. The summed E-state index contributed by atoms with van der Waals surface area (Å²) in [7, 11) is 0. The summed E-state index contributed by atoms with van der Waals surface area (Å²) in [5, 5.41) is 9.91. The van der Waals surface area contributed by atoms with E-state index in [-0.39, 0.29) is 25.2 Å².